The molecule has 1 nitrogen and oxygen atoms in total. The fraction of sp³-hybridized carbons (Fsp3) is 0.250. The van der Waals surface area contributed by atoms with E-state index in [1.165, 1.54) is 12.1 Å². The van der Waals surface area contributed by atoms with Crippen LogP contribution < -0.4 is 0 Å². The second kappa shape index (κ2) is 6.37. The van der Waals surface area contributed by atoms with Crippen LogP contribution in [0.3, 0.4) is 0 Å². The summed E-state index contributed by atoms with van der Waals surface area (Å²) < 4.78 is 15.1. The van der Waals surface area contributed by atoms with Crippen LogP contribution in [0.2, 0.25) is 0 Å². The van der Waals surface area contributed by atoms with Crippen LogP contribution in [0.25, 0.3) is 0 Å². The molecule has 2 aromatic carbocycles. The molecule has 2 rings (SSSR count). The fourth-order valence-electron chi connectivity index (χ4n) is 2.26. The van der Waals surface area contributed by atoms with Gasteiger partial charge in [-0.25, -0.2) is 4.39 Å². The predicted molar refractivity (Wildman–Crippen MR) is 86.1 cm³/mol. The minimum Gasteiger partial charge on any atom is -0.385 e. The molecule has 0 bridgehead atoms. The average molecular weight is 402 g/mol. The molecule has 4 heteroatoms. The van der Waals surface area contributed by atoms with Crippen molar-refractivity contribution in [2.24, 2.45) is 0 Å². The standard InChI is InChI=1S/C16H15Br2FO/c1-2-16(20,12-4-3-5-13(17)8-12)10-11-6-14(18)9-15(19)7-11/h3-9,20H,2,10H2,1H3. The summed E-state index contributed by atoms with van der Waals surface area (Å²) in [6.07, 6.45) is 0.925. The molecule has 0 aliphatic heterocycles. The van der Waals surface area contributed by atoms with E-state index >= 15 is 0 Å². The van der Waals surface area contributed by atoms with Crippen LogP contribution in [0, 0.1) is 5.82 Å². The molecule has 0 fully saturated rings. The van der Waals surface area contributed by atoms with Crippen LogP contribution in [0.5, 0.6) is 0 Å². The molecule has 1 unspecified atom stereocenters. The maximum absolute atomic E-state index is 13.5. The van der Waals surface area contributed by atoms with Crippen molar-refractivity contribution in [3.8, 4) is 0 Å². The van der Waals surface area contributed by atoms with Gasteiger partial charge < -0.3 is 5.11 Å². The van der Waals surface area contributed by atoms with Crippen molar-refractivity contribution in [2.75, 3.05) is 0 Å². The zero-order valence-corrected chi connectivity index (χ0v) is 14.2. The van der Waals surface area contributed by atoms with Gasteiger partial charge in [-0.05, 0) is 47.9 Å². The number of aliphatic hydroxyl groups is 1. The topological polar surface area (TPSA) is 20.2 Å². The Morgan fingerprint density at radius 3 is 2.45 bits per heavy atom. The Kier molecular flexibility index (Phi) is 4.99. The summed E-state index contributed by atoms with van der Waals surface area (Å²) in [5.74, 6) is -0.304. The van der Waals surface area contributed by atoms with Crippen molar-refractivity contribution >= 4 is 31.9 Å². The van der Waals surface area contributed by atoms with Crippen molar-refractivity contribution < 1.29 is 9.50 Å². The van der Waals surface area contributed by atoms with Crippen molar-refractivity contribution in [1.29, 1.82) is 0 Å². The molecule has 1 N–H and O–H groups in total. The minimum absolute atomic E-state index is 0.304. The first-order valence-electron chi connectivity index (χ1n) is 6.36. The SMILES string of the molecule is CCC(O)(Cc1cc(F)cc(Br)c1)c1cccc(Br)c1. The maximum atomic E-state index is 13.5. The third-order valence-electron chi connectivity index (χ3n) is 3.37. The molecule has 0 aliphatic rings. The van der Waals surface area contributed by atoms with Gasteiger partial charge >= 0.3 is 0 Å². The summed E-state index contributed by atoms with van der Waals surface area (Å²) in [5, 5.41) is 10.9. The Hall–Kier alpha value is -0.710. The first-order chi connectivity index (χ1) is 9.43. The normalized spacial score (nSPS) is 14.1. The lowest BCUT2D eigenvalue weighted by Crippen LogP contribution is -2.27. The molecular weight excluding hydrogens is 387 g/mol. The molecule has 0 radical (unpaired) electrons. The number of hydrogen-bond donors (Lipinski definition) is 1. The minimum atomic E-state index is -1.00. The smallest absolute Gasteiger partial charge is 0.124 e. The quantitative estimate of drug-likeness (QED) is 0.747. The van der Waals surface area contributed by atoms with Gasteiger partial charge in [0.25, 0.3) is 0 Å². The first-order valence-corrected chi connectivity index (χ1v) is 7.95. The van der Waals surface area contributed by atoms with Crippen molar-refractivity contribution in [2.45, 2.75) is 25.4 Å². The highest BCUT2D eigenvalue weighted by molar-refractivity contribution is 9.10. The first kappa shape index (κ1) is 15.7. The summed E-state index contributed by atoms with van der Waals surface area (Å²) in [6, 6.07) is 12.3. The molecule has 0 spiro atoms. The van der Waals surface area contributed by atoms with E-state index in [4.69, 9.17) is 0 Å². The van der Waals surface area contributed by atoms with Gasteiger partial charge in [0.2, 0.25) is 0 Å². The number of hydrogen-bond acceptors (Lipinski definition) is 1. The molecular formula is C16H15Br2FO. The molecule has 106 valence electrons. The summed E-state index contributed by atoms with van der Waals surface area (Å²) in [5.41, 5.74) is 0.591. The van der Waals surface area contributed by atoms with Gasteiger partial charge in [-0.2, -0.15) is 0 Å². The van der Waals surface area contributed by atoms with Crippen LogP contribution >= 0.6 is 31.9 Å². The van der Waals surface area contributed by atoms with Crippen LogP contribution in [0.1, 0.15) is 24.5 Å². The molecule has 2 aromatic rings. The molecule has 0 saturated heterocycles. The summed E-state index contributed by atoms with van der Waals surface area (Å²) >= 11 is 6.70. The molecule has 0 aromatic heterocycles. The van der Waals surface area contributed by atoms with Gasteiger partial charge in [-0.1, -0.05) is 50.9 Å². The molecule has 0 aliphatic carbocycles. The highest BCUT2D eigenvalue weighted by Gasteiger charge is 2.28. The molecule has 0 saturated carbocycles. The monoisotopic (exact) mass is 400 g/mol. The molecule has 20 heavy (non-hydrogen) atoms. The summed E-state index contributed by atoms with van der Waals surface area (Å²) in [7, 11) is 0. The number of benzene rings is 2. The van der Waals surface area contributed by atoms with Gasteiger partial charge in [-0.15, -0.1) is 0 Å². The average Bonchev–Trinajstić information content (AvgIpc) is 2.37. The Bertz CT molecular complexity index is 595. The van der Waals surface area contributed by atoms with Gasteiger partial charge in [0.1, 0.15) is 5.82 Å². The van der Waals surface area contributed by atoms with Crippen LogP contribution in [0.15, 0.2) is 51.4 Å². The van der Waals surface area contributed by atoms with E-state index in [-0.39, 0.29) is 5.82 Å². The van der Waals surface area contributed by atoms with Crippen LogP contribution in [-0.4, -0.2) is 5.11 Å². The van der Waals surface area contributed by atoms with Crippen LogP contribution in [0.4, 0.5) is 4.39 Å². The second-order valence-corrected chi connectivity index (χ2v) is 6.68. The zero-order chi connectivity index (χ0) is 14.8. The van der Waals surface area contributed by atoms with E-state index in [2.05, 4.69) is 31.9 Å². The van der Waals surface area contributed by atoms with Gasteiger partial charge in [0.15, 0.2) is 0 Å². The van der Waals surface area contributed by atoms with E-state index < -0.39 is 5.60 Å². The Morgan fingerprint density at radius 1 is 1.10 bits per heavy atom. The van der Waals surface area contributed by atoms with Crippen LogP contribution in [-0.2, 0) is 12.0 Å². The molecule has 0 heterocycles. The van der Waals surface area contributed by atoms with Gasteiger partial charge in [-0.3, -0.25) is 0 Å². The van der Waals surface area contributed by atoms with Gasteiger partial charge in [0, 0.05) is 15.4 Å². The third kappa shape index (κ3) is 3.68. The van der Waals surface area contributed by atoms with E-state index in [0.717, 1.165) is 15.6 Å². The zero-order valence-electron chi connectivity index (χ0n) is 11.0. The number of rotatable bonds is 4. The van der Waals surface area contributed by atoms with E-state index in [1.807, 2.05) is 37.3 Å². The lowest BCUT2D eigenvalue weighted by Gasteiger charge is -2.28. The highest BCUT2D eigenvalue weighted by Crippen LogP contribution is 2.31. The van der Waals surface area contributed by atoms with Crippen molar-refractivity contribution in [3.63, 3.8) is 0 Å². The van der Waals surface area contributed by atoms with Crippen molar-refractivity contribution in [1.82, 2.24) is 0 Å². The van der Waals surface area contributed by atoms with E-state index in [9.17, 15) is 9.50 Å². The predicted octanol–water partition coefficient (Wildman–Crippen LogP) is 5.19. The summed E-state index contributed by atoms with van der Waals surface area (Å²) in [4.78, 5) is 0. The van der Waals surface area contributed by atoms with Crippen molar-refractivity contribution in [3.05, 3.63) is 68.4 Å². The Labute approximate surface area is 135 Å². The Balaban J connectivity index is 2.36. The van der Waals surface area contributed by atoms with E-state index in [0.29, 0.717) is 17.3 Å². The maximum Gasteiger partial charge on any atom is 0.124 e. The molecule has 0 amide bonds. The lowest BCUT2D eigenvalue weighted by atomic mass is 9.85. The molecule has 1 atom stereocenters. The fourth-order valence-corrected chi connectivity index (χ4v) is 3.17. The lowest BCUT2D eigenvalue weighted by molar-refractivity contribution is 0.0326. The Morgan fingerprint density at radius 2 is 1.85 bits per heavy atom. The van der Waals surface area contributed by atoms with Gasteiger partial charge in [0.05, 0.1) is 5.60 Å². The largest absolute Gasteiger partial charge is 0.385 e. The number of halogens is 3. The summed E-state index contributed by atoms with van der Waals surface area (Å²) in [6.45, 7) is 1.93. The second-order valence-electron chi connectivity index (χ2n) is 4.85. The third-order valence-corrected chi connectivity index (χ3v) is 4.32. The van der Waals surface area contributed by atoms with E-state index in [1.54, 1.807) is 0 Å². The highest BCUT2D eigenvalue weighted by atomic mass is 79.9.